The van der Waals surface area contributed by atoms with Crippen molar-refractivity contribution in [2.24, 2.45) is 4.99 Å². The first kappa shape index (κ1) is 23.1. The van der Waals surface area contributed by atoms with Gasteiger partial charge in [0.15, 0.2) is 5.17 Å². The summed E-state index contributed by atoms with van der Waals surface area (Å²) >= 11 is 4.58. The molecule has 0 radical (unpaired) electrons. The molecular formula is C22H13BrN4O6S. The number of carbonyl (C=O) groups is 1. The molecule has 3 aromatic carbocycles. The minimum atomic E-state index is -0.746. The summed E-state index contributed by atoms with van der Waals surface area (Å²) in [4.78, 5) is 37.9. The van der Waals surface area contributed by atoms with Gasteiger partial charge in [0.1, 0.15) is 5.75 Å². The summed E-state index contributed by atoms with van der Waals surface area (Å²) in [6.45, 7) is 0. The van der Waals surface area contributed by atoms with Crippen molar-refractivity contribution in [3.63, 3.8) is 0 Å². The van der Waals surface area contributed by atoms with Crippen molar-refractivity contribution in [2.45, 2.75) is 0 Å². The lowest BCUT2D eigenvalue weighted by atomic mass is 10.2. The maximum Gasteiger partial charge on any atom is 0.318 e. The van der Waals surface area contributed by atoms with Crippen LogP contribution in [0.25, 0.3) is 6.08 Å². The van der Waals surface area contributed by atoms with Crippen LogP contribution in [0.15, 0.2) is 81.1 Å². The molecule has 0 saturated carbocycles. The van der Waals surface area contributed by atoms with Gasteiger partial charge in [0, 0.05) is 10.5 Å². The smallest absolute Gasteiger partial charge is 0.318 e. The zero-order chi connectivity index (χ0) is 24.2. The predicted octanol–water partition coefficient (Wildman–Crippen LogP) is 5.95. The van der Waals surface area contributed by atoms with E-state index in [1.807, 2.05) is 24.3 Å². The van der Waals surface area contributed by atoms with Crippen LogP contribution in [0, 0.1) is 20.2 Å². The minimum Gasteiger partial charge on any atom is -0.450 e. The summed E-state index contributed by atoms with van der Waals surface area (Å²) in [6.07, 6.45) is 1.68. The van der Waals surface area contributed by atoms with Gasteiger partial charge in [0.2, 0.25) is 5.75 Å². The Kier molecular flexibility index (Phi) is 6.70. The summed E-state index contributed by atoms with van der Waals surface area (Å²) in [7, 11) is 0. The number of nitrogens with one attached hydrogen (secondary N) is 1. The Balaban J connectivity index is 1.50. The number of rotatable bonds is 6. The molecule has 34 heavy (non-hydrogen) atoms. The van der Waals surface area contributed by atoms with Gasteiger partial charge in [-0.1, -0.05) is 34.1 Å². The molecule has 1 N–H and O–H groups in total. The summed E-state index contributed by atoms with van der Waals surface area (Å²) in [6, 6.07) is 17.0. The van der Waals surface area contributed by atoms with Gasteiger partial charge in [-0.15, -0.1) is 0 Å². The van der Waals surface area contributed by atoms with Gasteiger partial charge in [0.25, 0.3) is 11.6 Å². The number of non-ortho nitro benzene ring substituents is 1. The molecule has 3 aromatic rings. The minimum absolute atomic E-state index is 0.124. The maximum atomic E-state index is 12.3. The average Bonchev–Trinajstić information content (AvgIpc) is 3.13. The van der Waals surface area contributed by atoms with Crippen molar-refractivity contribution in [3.8, 4) is 11.5 Å². The number of thioether (sulfide) groups is 1. The first-order valence-electron chi connectivity index (χ1n) is 9.54. The predicted molar refractivity (Wildman–Crippen MR) is 131 cm³/mol. The third-order valence-electron chi connectivity index (χ3n) is 4.45. The Morgan fingerprint density at radius 2 is 1.76 bits per heavy atom. The van der Waals surface area contributed by atoms with Crippen LogP contribution in [-0.4, -0.2) is 20.9 Å². The molecule has 10 nitrogen and oxygen atoms in total. The second-order valence-corrected chi connectivity index (χ2v) is 8.75. The van der Waals surface area contributed by atoms with Crippen LogP contribution in [0.3, 0.4) is 0 Å². The molecule has 12 heteroatoms. The summed E-state index contributed by atoms with van der Waals surface area (Å²) in [5.41, 5.74) is 0.472. The second-order valence-electron chi connectivity index (χ2n) is 6.80. The zero-order valence-corrected chi connectivity index (χ0v) is 19.4. The fourth-order valence-electron chi connectivity index (χ4n) is 2.90. The second kappa shape index (κ2) is 9.85. The van der Waals surface area contributed by atoms with Crippen LogP contribution in [0.5, 0.6) is 11.5 Å². The highest BCUT2D eigenvalue weighted by molar-refractivity contribution is 9.10. The van der Waals surface area contributed by atoms with Crippen molar-refractivity contribution in [1.29, 1.82) is 0 Å². The zero-order valence-electron chi connectivity index (χ0n) is 17.0. The monoisotopic (exact) mass is 540 g/mol. The molecule has 1 amide bonds. The molecule has 0 spiro atoms. The van der Waals surface area contributed by atoms with E-state index in [0.717, 1.165) is 16.6 Å². The van der Waals surface area contributed by atoms with Crippen LogP contribution < -0.4 is 10.1 Å². The molecule has 0 atom stereocenters. The quantitative estimate of drug-likeness (QED) is 0.231. The number of aliphatic imine (C=N–C) groups is 1. The normalized spacial score (nSPS) is 15.4. The first-order valence-corrected chi connectivity index (χ1v) is 11.2. The van der Waals surface area contributed by atoms with Crippen LogP contribution in [0.4, 0.5) is 17.1 Å². The van der Waals surface area contributed by atoms with Gasteiger partial charge < -0.3 is 10.1 Å². The molecular weight excluding hydrogens is 528 g/mol. The topological polar surface area (TPSA) is 137 Å². The van der Waals surface area contributed by atoms with Crippen molar-refractivity contribution in [2.75, 3.05) is 0 Å². The largest absolute Gasteiger partial charge is 0.450 e. The van der Waals surface area contributed by atoms with E-state index in [1.54, 1.807) is 30.3 Å². The van der Waals surface area contributed by atoms with Crippen molar-refractivity contribution >= 4 is 61.9 Å². The van der Waals surface area contributed by atoms with E-state index in [9.17, 15) is 25.0 Å². The molecule has 1 aliphatic rings. The number of hydrogen-bond acceptors (Lipinski definition) is 8. The lowest BCUT2D eigenvalue weighted by Crippen LogP contribution is -2.19. The molecule has 0 aliphatic carbocycles. The third-order valence-corrected chi connectivity index (χ3v) is 5.85. The van der Waals surface area contributed by atoms with Crippen LogP contribution in [-0.2, 0) is 4.79 Å². The van der Waals surface area contributed by atoms with Crippen molar-refractivity contribution in [1.82, 2.24) is 5.32 Å². The lowest BCUT2D eigenvalue weighted by Gasteiger charge is -2.06. The SMILES string of the molecule is O=C1NC(=Nc2cccc(Br)c2)SC1=Cc1ccc(Oc2ccc([N+](=O)[O-])cc2[N+](=O)[O-])cc1. The van der Waals surface area contributed by atoms with E-state index in [0.29, 0.717) is 27.1 Å². The van der Waals surface area contributed by atoms with Gasteiger partial charge in [-0.2, -0.15) is 0 Å². The van der Waals surface area contributed by atoms with Crippen molar-refractivity contribution < 1.29 is 19.4 Å². The number of hydrogen-bond donors (Lipinski definition) is 1. The summed E-state index contributed by atoms with van der Waals surface area (Å²) in [5, 5.41) is 25.3. The van der Waals surface area contributed by atoms with Gasteiger partial charge in [-0.3, -0.25) is 25.0 Å². The lowest BCUT2D eigenvalue weighted by molar-refractivity contribution is -0.394. The van der Waals surface area contributed by atoms with Crippen LogP contribution in [0.2, 0.25) is 0 Å². The van der Waals surface area contributed by atoms with Gasteiger partial charge in [-0.05, 0) is 59.8 Å². The number of ether oxygens (including phenoxy) is 1. The molecule has 0 aromatic heterocycles. The Labute approximate surface area is 204 Å². The van der Waals surface area contributed by atoms with Gasteiger partial charge >= 0.3 is 5.69 Å². The third kappa shape index (κ3) is 5.47. The number of nitro benzene ring substituents is 2. The number of halogens is 1. The number of amides is 1. The first-order chi connectivity index (χ1) is 16.3. The number of benzene rings is 3. The number of nitro groups is 2. The number of amidine groups is 1. The fraction of sp³-hybridized carbons (Fsp3) is 0. The Morgan fingerprint density at radius 3 is 2.44 bits per heavy atom. The molecule has 0 bridgehead atoms. The highest BCUT2D eigenvalue weighted by Crippen LogP contribution is 2.35. The Bertz CT molecular complexity index is 1370. The van der Waals surface area contributed by atoms with Gasteiger partial charge in [0.05, 0.1) is 26.5 Å². The molecule has 4 rings (SSSR count). The van der Waals surface area contributed by atoms with E-state index >= 15 is 0 Å². The molecule has 1 heterocycles. The van der Waals surface area contributed by atoms with Crippen molar-refractivity contribution in [3.05, 3.63) is 102 Å². The van der Waals surface area contributed by atoms with E-state index in [4.69, 9.17) is 4.74 Å². The summed E-state index contributed by atoms with van der Waals surface area (Å²) in [5.74, 6) is -0.110. The Morgan fingerprint density at radius 1 is 1.00 bits per heavy atom. The van der Waals surface area contributed by atoms with E-state index in [-0.39, 0.29) is 11.7 Å². The molecule has 170 valence electrons. The summed E-state index contributed by atoms with van der Waals surface area (Å²) < 4.78 is 6.43. The van der Waals surface area contributed by atoms with E-state index < -0.39 is 21.2 Å². The van der Waals surface area contributed by atoms with E-state index in [1.165, 1.54) is 17.8 Å². The molecule has 1 fully saturated rings. The Hall–Kier alpha value is -4.03. The molecule has 1 saturated heterocycles. The number of carbonyl (C=O) groups excluding carboxylic acids is 1. The van der Waals surface area contributed by atoms with Crippen LogP contribution in [0.1, 0.15) is 5.56 Å². The fourth-order valence-corrected chi connectivity index (χ4v) is 4.13. The molecule has 0 unspecified atom stereocenters. The molecule has 1 aliphatic heterocycles. The maximum absolute atomic E-state index is 12.3. The highest BCUT2D eigenvalue weighted by atomic mass is 79.9. The standard InChI is InChI=1S/C22H13BrN4O6S/c23-14-2-1-3-15(11-14)24-22-25-21(28)20(34-22)10-13-4-7-17(8-5-13)33-19-9-6-16(26(29)30)12-18(19)27(31)32/h1-12H,(H,24,25,28). The van der Waals surface area contributed by atoms with Crippen LogP contribution >= 0.6 is 27.7 Å². The van der Waals surface area contributed by atoms with Gasteiger partial charge in [-0.25, -0.2) is 4.99 Å². The van der Waals surface area contributed by atoms with E-state index in [2.05, 4.69) is 26.2 Å². The number of nitrogens with zero attached hydrogens (tertiary/aromatic N) is 3. The average molecular weight is 541 g/mol. The highest BCUT2D eigenvalue weighted by Gasteiger charge is 2.24.